The zero-order valence-electron chi connectivity index (χ0n) is 10.9. The van der Waals surface area contributed by atoms with Crippen LogP contribution in [0.4, 0.5) is 5.69 Å². The highest BCUT2D eigenvalue weighted by Crippen LogP contribution is 2.34. The summed E-state index contributed by atoms with van der Waals surface area (Å²) in [5.41, 5.74) is 1.01. The van der Waals surface area contributed by atoms with Gasteiger partial charge in [-0.25, -0.2) is 0 Å². The normalized spacial score (nSPS) is 25.4. The summed E-state index contributed by atoms with van der Waals surface area (Å²) in [6.45, 7) is 1.40. The van der Waals surface area contributed by atoms with Crippen molar-refractivity contribution in [1.82, 2.24) is 0 Å². The lowest BCUT2D eigenvalue weighted by molar-refractivity contribution is 0.297. The first kappa shape index (κ1) is 12.2. The van der Waals surface area contributed by atoms with Gasteiger partial charge in [0.05, 0.1) is 25.2 Å². The van der Waals surface area contributed by atoms with E-state index < -0.39 is 0 Å². The largest absolute Gasteiger partial charge is 0.490 e. The fraction of sp³-hybridized carbons (Fsp3) is 0.533. The van der Waals surface area contributed by atoms with E-state index in [2.05, 4.69) is 11.4 Å². The van der Waals surface area contributed by atoms with E-state index in [1.165, 1.54) is 0 Å². The monoisotopic (exact) mass is 258 g/mol. The fourth-order valence-corrected chi connectivity index (χ4v) is 2.75. The molecule has 1 aromatic carbocycles. The average Bonchev–Trinajstić information content (AvgIpc) is 2.74. The van der Waals surface area contributed by atoms with E-state index in [-0.39, 0.29) is 12.0 Å². The van der Waals surface area contributed by atoms with E-state index in [9.17, 15) is 0 Å². The summed E-state index contributed by atoms with van der Waals surface area (Å²) in [6.07, 6.45) is 4.10. The lowest BCUT2D eigenvalue weighted by atomic mass is 10.1. The van der Waals surface area contributed by atoms with Crippen LogP contribution >= 0.6 is 0 Å². The third-order valence-corrected chi connectivity index (χ3v) is 3.78. The summed E-state index contributed by atoms with van der Waals surface area (Å²) >= 11 is 0. The number of nitrogens with zero attached hydrogens (tertiary/aromatic N) is 1. The third-order valence-electron chi connectivity index (χ3n) is 3.78. The highest BCUT2D eigenvalue weighted by Gasteiger charge is 2.27. The summed E-state index contributed by atoms with van der Waals surface area (Å²) in [4.78, 5) is 0. The van der Waals surface area contributed by atoms with Gasteiger partial charge in [0.2, 0.25) is 0 Å². The molecule has 0 saturated heterocycles. The van der Waals surface area contributed by atoms with Crippen LogP contribution in [0, 0.1) is 17.2 Å². The lowest BCUT2D eigenvalue weighted by Gasteiger charge is -2.18. The number of benzene rings is 1. The number of nitriles is 1. The Hall–Kier alpha value is -1.89. The van der Waals surface area contributed by atoms with E-state index in [1.807, 2.05) is 18.2 Å². The first-order chi connectivity index (χ1) is 9.36. The van der Waals surface area contributed by atoms with Gasteiger partial charge in [0, 0.05) is 24.2 Å². The number of fused-ring (bicyclic) bond motifs is 1. The molecule has 1 heterocycles. The predicted octanol–water partition coefficient (Wildman–Crippen LogP) is 2.95. The molecule has 0 bridgehead atoms. The van der Waals surface area contributed by atoms with Crippen LogP contribution in [0.5, 0.6) is 11.5 Å². The molecule has 0 aromatic heterocycles. The van der Waals surface area contributed by atoms with Gasteiger partial charge in [0.1, 0.15) is 0 Å². The van der Waals surface area contributed by atoms with Gasteiger partial charge in [-0.2, -0.15) is 5.26 Å². The van der Waals surface area contributed by atoms with E-state index >= 15 is 0 Å². The molecule has 4 nitrogen and oxygen atoms in total. The molecule has 2 unspecified atom stereocenters. The summed E-state index contributed by atoms with van der Waals surface area (Å²) in [5.74, 6) is 1.73. The highest BCUT2D eigenvalue weighted by molar-refractivity contribution is 5.55. The average molecular weight is 258 g/mol. The number of rotatable bonds is 2. The molecular formula is C15H18N2O2. The van der Waals surface area contributed by atoms with Crippen molar-refractivity contribution in [2.45, 2.75) is 31.7 Å². The van der Waals surface area contributed by atoms with Crippen molar-refractivity contribution in [2.24, 2.45) is 5.92 Å². The maximum Gasteiger partial charge on any atom is 0.163 e. The van der Waals surface area contributed by atoms with E-state index in [0.717, 1.165) is 42.9 Å². The van der Waals surface area contributed by atoms with Gasteiger partial charge < -0.3 is 14.8 Å². The van der Waals surface area contributed by atoms with E-state index in [0.29, 0.717) is 13.2 Å². The van der Waals surface area contributed by atoms with Crippen LogP contribution in [0.15, 0.2) is 18.2 Å². The fourth-order valence-electron chi connectivity index (χ4n) is 2.75. The minimum atomic E-state index is 0.121. The Labute approximate surface area is 113 Å². The lowest BCUT2D eigenvalue weighted by Crippen LogP contribution is -2.22. The van der Waals surface area contributed by atoms with E-state index in [1.54, 1.807) is 0 Å². The quantitative estimate of drug-likeness (QED) is 0.886. The van der Waals surface area contributed by atoms with Gasteiger partial charge in [0.15, 0.2) is 11.5 Å². The number of anilines is 1. The van der Waals surface area contributed by atoms with Crippen LogP contribution in [-0.4, -0.2) is 19.3 Å². The van der Waals surface area contributed by atoms with Crippen molar-refractivity contribution in [3.8, 4) is 17.6 Å². The van der Waals surface area contributed by atoms with Crippen LogP contribution in [0.2, 0.25) is 0 Å². The SMILES string of the molecule is N#CC1CCCC1Nc1ccc2c(c1)OCCCO2. The molecule has 1 N–H and O–H groups in total. The van der Waals surface area contributed by atoms with Crippen molar-refractivity contribution < 1.29 is 9.47 Å². The Bertz CT molecular complexity index is 495. The minimum Gasteiger partial charge on any atom is -0.490 e. The third kappa shape index (κ3) is 2.60. The molecule has 0 radical (unpaired) electrons. The minimum absolute atomic E-state index is 0.121. The number of nitrogens with one attached hydrogen (secondary N) is 1. The second-order valence-corrected chi connectivity index (χ2v) is 5.13. The first-order valence-corrected chi connectivity index (χ1v) is 6.92. The number of hydrogen-bond donors (Lipinski definition) is 1. The van der Waals surface area contributed by atoms with Crippen LogP contribution in [0.25, 0.3) is 0 Å². The van der Waals surface area contributed by atoms with Gasteiger partial charge >= 0.3 is 0 Å². The molecule has 2 atom stereocenters. The number of hydrogen-bond acceptors (Lipinski definition) is 4. The molecule has 1 aromatic rings. The van der Waals surface area contributed by atoms with Crippen LogP contribution < -0.4 is 14.8 Å². The Kier molecular flexibility index (Phi) is 3.45. The second kappa shape index (κ2) is 5.40. The van der Waals surface area contributed by atoms with Crippen molar-refractivity contribution in [3.05, 3.63) is 18.2 Å². The zero-order chi connectivity index (χ0) is 13.1. The Morgan fingerprint density at radius 3 is 2.79 bits per heavy atom. The van der Waals surface area contributed by atoms with Gasteiger partial charge in [-0.1, -0.05) is 0 Å². The molecule has 19 heavy (non-hydrogen) atoms. The van der Waals surface area contributed by atoms with Crippen molar-refractivity contribution in [3.63, 3.8) is 0 Å². The van der Waals surface area contributed by atoms with Crippen LogP contribution in [-0.2, 0) is 0 Å². The molecule has 1 saturated carbocycles. The molecule has 1 aliphatic heterocycles. The van der Waals surface area contributed by atoms with E-state index in [4.69, 9.17) is 14.7 Å². The van der Waals surface area contributed by atoms with Crippen molar-refractivity contribution in [1.29, 1.82) is 5.26 Å². The topological polar surface area (TPSA) is 54.3 Å². The zero-order valence-corrected chi connectivity index (χ0v) is 10.9. The van der Waals surface area contributed by atoms with Gasteiger partial charge in [-0.05, 0) is 31.4 Å². The maximum atomic E-state index is 9.11. The maximum absolute atomic E-state index is 9.11. The van der Waals surface area contributed by atoms with Crippen LogP contribution in [0.1, 0.15) is 25.7 Å². The summed E-state index contributed by atoms with van der Waals surface area (Å²) < 4.78 is 11.3. The van der Waals surface area contributed by atoms with Crippen molar-refractivity contribution >= 4 is 5.69 Å². The molecule has 3 rings (SSSR count). The summed E-state index contributed by atoms with van der Waals surface area (Å²) in [5, 5.41) is 12.6. The highest BCUT2D eigenvalue weighted by atomic mass is 16.5. The summed E-state index contributed by atoms with van der Waals surface area (Å²) in [6, 6.07) is 8.57. The predicted molar refractivity (Wildman–Crippen MR) is 72.4 cm³/mol. The van der Waals surface area contributed by atoms with Gasteiger partial charge in [-0.15, -0.1) is 0 Å². The molecule has 1 aliphatic carbocycles. The first-order valence-electron chi connectivity index (χ1n) is 6.92. The molecule has 1 fully saturated rings. The van der Waals surface area contributed by atoms with Crippen molar-refractivity contribution in [2.75, 3.05) is 18.5 Å². The Balaban J connectivity index is 1.75. The molecular weight excluding hydrogens is 240 g/mol. The van der Waals surface area contributed by atoms with Crippen LogP contribution in [0.3, 0.4) is 0 Å². The Morgan fingerprint density at radius 2 is 1.95 bits per heavy atom. The molecule has 2 aliphatic rings. The molecule has 0 amide bonds. The number of ether oxygens (including phenoxy) is 2. The molecule has 100 valence electrons. The molecule has 0 spiro atoms. The van der Waals surface area contributed by atoms with Gasteiger partial charge in [0.25, 0.3) is 0 Å². The van der Waals surface area contributed by atoms with Gasteiger partial charge in [-0.3, -0.25) is 0 Å². The standard InChI is InChI=1S/C15H18N2O2/c16-10-11-3-1-4-13(11)17-12-5-6-14-15(9-12)19-8-2-7-18-14/h5-6,9,11,13,17H,1-4,7-8H2. The second-order valence-electron chi connectivity index (χ2n) is 5.13. The Morgan fingerprint density at radius 1 is 1.11 bits per heavy atom. The molecule has 4 heteroatoms. The smallest absolute Gasteiger partial charge is 0.163 e. The summed E-state index contributed by atoms with van der Waals surface area (Å²) in [7, 11) is 0.